The molecule has 4 N–H and O–H groups in total. The van der Waals surface area contributed by atoms with E-state index < -0.39 is 6.04 Å². The lowest BCUT2D eigenvalue weighted by molar-refractivity contribution is -0.122. The Hall–Kier alpha value is -1.50. The average Bonchev–Trinajstić information content (AvgIpc) is 2.67. The van der Waals surface area contributed by atoms with Crippen LogP contribution >= 0.6 is 0 Å². The lowest BCUT2D eigenvalue weighted by Crippen LogP contribution is -2.40. The van der Waals surface area contributed by atoms with Crippen molar-refractivity contribution < 1.29 is 4.79 Å². The van der Waals surface area contributed by atoms with Crippen molar-refractivity contribution >= 4 is 5.91 Å². The van der Waals surface area contributed by atoms with Gasteiger partial charge in [0.1, 0.15) is 0 Å². The number of rotatable bonds is 5. The van der Waals surface area contributed by atoms with E-state index in [1.807, 2.05) is 6.92 Å². The van der Waals surface area contributed by atoms with Crippen LogP contribution < -0.4 is 11.1 Å². The Kier molecular flexibility index (Phi) is 3.99. The van der Waals surface area contributed by atoms with Gasteiger partial charge in [0, 0.05) is 0 Å². The van der Waals surface area contributed by atoms with Crippen molar-refractivity contribution in [2.75, 3.05) is 0 Å². The predicted molar refractivity (Wildman–Crippen MR) is 48.9 cm³/mol. The first-order valence-corrected chi connectivity index (χ1v) is 4.49. The number of hydrogen-bond acceptors (Lipinski definition) is 5. The third kappa shape index (κ3) is 3.09. The molecule has 0 saturated carbocycles. The molecule has 1 aromatic rings. The van der Waals surface area contributed by atoms with Crippen LogP contribution in [0, 0.1) is 0 Å². The predicted octanol–water partition coefficient (Wildman–Crippen LogP) is -1.06. The topological polar surface area (TPSA) is 110 Å². The van der Waals surface area contributed by atoms with Gasteiger partial charge in [0.2, 0.25) is 5.91 Å². The van der Waals surface area contributed by atoms with Gasteiger partial charge in [-0.1, -0.05) is 18.6 Å². The molecular formula is C7H14N6O. The summed E-state index contributed by atoms with van der Waals surface area (Å²) in [4.78, 5) is 11.3. The maximum atomic E-state index is 11.3. The Balaban J connectivity index is 2.27. The van der Waals surface area contributed by atoms with E-state index in [4.69, 9.17) is 5.73 Å². The number of hydrogen-bond donors (Lipinski definition) is 3. The first-order chi connectivity index (χ1) is 6.74. The summed E-state index contributed by atoms with van der Waals surface area (Å²) in [7, 11) is 0. The van der Waals surface area contributed by atoms with Crippen molar-refractivity contribution in [3.05, 3.63) is 5.82 Å². The molecule has 0 spiro atoms. The largest absolute Gasteiger partial charge is 0.347 e. The Morgan fingerprint density at radius 1 is 1.71 bits per heavy atom. The standard InChI is InChI=1S/C7H14N6O/c1-2-3-5(8)7(14)9-4-6-10-12-13-11-6/h5H,2-4,8H2,1H3,(H,9,14)(H,10,11,12,13)/t5-/m0/s1. The quantitative estimate of drug-likeness (QED) is 0.559. The molecule has 0 aliphatic heterocycles. The Morgan fingerprint density at radius 3 is 3.07 bits per heavy atom. The Labute approximate surface area is 81.4 Å². The molecule has 0 radical (unpaired) electrons. The van der Waals surface area contributed by atoms with Crippen LogP contribution in [0.25, 0.3) is 0 Å². The number of amides is 1. The van der Waals surface area contributed by atoms with Crippen molar-refractivity contribution in [2.24, 2.45) is 5.73 Å². The van der Waals surface area contributed by atoms with Gasteiger partial charge in [-0.3, -0.25) is 4.79 Å². The van der Waals surface area contributed by atoms with Crippen LogP contribution in [0.15, 0.2) is 0 Å². The van der Waals surface area contributed by atoms with Crippen molar-refractivity contribution in [1.82, 2.24) is 25.9 Å². The zero-order valence-electron chi connectivity index (χ0n) is 8.03. The summed E-state index contributed by atoms with van der Waals surface area (Å²) < 4.78 is 0. The smallest absolute Gasteiger partial charge is 0.237 e. The third-order valence-electron chi connectivity index (χ3n) is 1.75. The van der Waals surface area contributed by atoms with E-state index in [1.165, 1.54) is 0 Å². The molecule has 0 aliphatic carbocycles. The highest BCUT2D eigenvalue weighted by atomic mass is 16.2. The first kappa shape index (κ1) is 10.6. The van der Waals surface area contributed by atoms with Gasteiger partial charge in [-0.25, -0.2) is 0 Å². The Morgan fingerprint density at radius 2 is 2.50 bits per heavy atom. The number of aromatic nitrogens is 4. The number of carbonyl (C=O) groups excluding carboxylic acids is 1. The van der Waals surface area contributed by atoms with E-state index in [9.17, 15) is 4.79 Å². The SMILES string of the molecule is CCC[C@H](N)C(=O)NCc1nn[nH]n1. The van der Waals surface area contributed by atoms with E-state index in [2.05, 4.69) is 25.9 Å². The molecule has 0 aromatic carbocycles. The van der Waals surface area contributed by atoms with Gasteiger partial charge in [0.05, 0.1) is 12.6 Å². The third-order valence-corrected chi connectivity index (χ3v) is 1.75. The Bertz CT molecular complexity index is 272. The summed E-state index contributed by atoms with van der Waals surface area (Å²) in [5.74, 6) is 0.263. The zero-order valence-corrected chi connectivity index (χ0v) is 8.03. The summed E-state index contributed by atoms with van der Waals surface area (Å²) >= 11 is 0. The van der Waals surface area contributed by atoms with E-state index >= 15 is 0 Å². The van der Waals surface area contributed by atoms with Gasteiger partial charge in [-0.2, -0.15) is 5.21 Å². The monoisotopic (exact) mass is 198 g/mol. The number of aromatic amines is 1. The molecule has 7 heteroatoms. The fraction of sp³-hybridized carbons (Fsp3) is 0.714. The molecule has 0 bridgehead atoms. The highest BCUT2D eigenvalue weighted by molar-refractivity contribution is 5.81. The fourth-order valence-electron chi connectivity index (χ4n) is 0.997. The minimum absolute atomic E-state index is 0.184. The number of carbonyl (C=O) groups is 1. The molecular weight excluding hydrogens is 184 g/mol. The van der Waals surface area contributed by atoms with Crippen molar-refractivity contribution in [1.29, 1.82) is 0 Å². The molecule has 1 amide bonds. The minimum Gasteiger partial charge on any atom is -0.347 e. The maximum Gasteiger partial charge on any atom is 0.237 e. The van der Waals surface area contributed by atoms with E-state index in [1.54, 1.807) is 0 Å². The molecule has 1 rings (SSSR count). The lowest BCUT2D eigenvalue weighted by Gasteiger charge is -2.09. The van der Waals surface area contributed by atoms with Crippen LogP contribution in [0.3, 0.4) is 0 Å². The summed E-state index contributed by atoms with van der Waals surface area (Å²) in [5, 5.41) is 15.7. The summed E-state index contributed by atoms with van der Waals surface area (Å²) in [5.41, 5.74) is 5.59. The number of tetrazole rings is 1. The molecule has 0 unspecified atom stereocenters. The molecule has 0 saturated heterocycles. The zero-order chi connectivity index (χ0) is 10.4. The van der Waals surface area contributed by atoms with Gasteiger partial charge < -0.3 is 11.1 Å². The van der Waals surface area contributed by atoms with Crippen LogP contribution in [0.2, 0.25) is 0 Å². The molecule has 1 aromatic heterocycles. The minimum atomic E-state index is -0.452. The second-order valence-corrected chi connectivity index (χ2v) is 2.94. The molecule has 78 valence electrons. The van der Waals surface area contributed by atoms with Gasteiger partial charge in [-0.15, -0.1) is 10.2 Å². The van der Waals surface area contributed by atoms with Gasteiger partial charge in [0.15, 0.2) is 5.82 Å². The molecule has 7 nitrogen and oxygen atoms in total. The van der Waals surface area contributed by atoms with E-state index in [0.717, 1.165) is 6.42 Å². The van der Waals surface area contributed by atoms with Gasteiger partial charge >= 0.3 is 0 Å². The highest BCUT2D eigenvalue weighted by Gasteiger charge is 2.12. The van der Waals surface area contributed by atoms with E-state index in [0.29, 0.717) is 12.2 Å². The number of nitrogens with zero attached hydrogens (tertiary/aromatic N) is 3. The lowest BCUT2D eigenvalue weighted by atomic mass is 10.2. The highest BCUT2D eigenvalue weighted by Crippen LogP contribution is 1.93. The summed E-state index contributed by atoms with van der Waals surface area (Å²) in [6.45, 7) is 2.24. The van der Waals surface area contributed by atoms with Crippen LogP contribution in [0.5, 0.6) is 0 Å². The van der Waals surface area contributed by atoms with Gasteiger partial charge in [0.25, 0.3) is 0 Å². The van der Waals surface area contributed by atoms with Crippen molar-refractivity contribution in [3.8, 4) is 0 Å². The number of H-pyrrole nitrogens is 1. The first-order valence-electron chi connectivity index (χ1n) is 4.49. The maximum absolute atomic E-state index is 11.3. The van der Waals surface area contributed by atoms with Crippen LogP contribution in [0.1, 0.15) is 25.6 Å². The van der Waals surface area contributed by atoms with Crippen molar-refractivity contribution in [2.45, 2.75) is 32.4 Å². The fourth-order valence-corrected chi connectivity index (χ4v) is 0.997. The van der Waals surface area contributed by atoms with Crippen LogP contribution in [-0.2, 0) is 11.3 Å². The van der Waals surface area contributed by atoms with E-state index in [-0.39, 0.29) is 12.5 Å². The van der Waals surface area contributed by atoms with Crippen LogP contribution in [0.4, 0.5) is 0 Å². The number of nitrogens with one attached hydrogen (secondary N) is 2. The van der Waals surface area contributed by atoms with Crippen LogP contribution in [-0.4, -0.2) is 32.6 Å². The molecule has 0 fully saturated rings. The van der Waals surface area contributed by atoms with Crippen molar-refractivity contribution in [3.63, 3.8) is 0 Å². The van der Waals surface area contributed by atoms with Gasteiger partial charge in [-0.05, 0) is 6.42 Å². The summed E-state index contributed by atoms with van der Waals surface area (Å²) in [6, 6.07) is -0.452. The average molecular weight is 198 g/mol. The molecule has 0 aliphatic rings. The molecule has 1 heterocycles. The second-order valence-electron chi connectivity index (χ2n) is 2.94. The second kappa shape index (κ2) is 5.28. The normalized spacial score (nSPS) is 12.4. The molecule has 14 heavy (non-hydrogen) atoms. The molecule has 1 atom stereocenters. The number of nitrogens with two attached hydrogens (primary N) is 1. The summed E-state index contributed by atoms with van der Waals surface area (Å²) in [6.07, 6.45) is 1.56.